The number of hydrogen-bond acceptors (Lipinski definition) is 4. The number of thiazole rings is 1. The maximum Gasteiger partial charge on any atom is 0.279 e. The van der Waals surface area contributed by atoms with Crippen molar-refractivity contribution in [3.05, 3.63) is 46.2 Å². The molecule has 1 saturated heterocycles. The number of amides is 1. The highest BCUT2D eigenvalue weighted by Crippen LogP contribution is 2.16. The summed E-state index contributed by atoms with van der Waals surface area (Å²) >= 11 is 1.43. The molecule has 1 fully saturated rings. The van der Waals surface area contributed by atoms with Crippen LogP contribution in [0.25, 0.3) is 0 Å². The summed E-state index contributed by atoms with van der Waals surface area (Å²) in [5.74, 6) is 0.498. The number of nitrogens with zero attached hydrogens (tertiary/aromatic N) is 2. The SMILES string of the molecule is Cn1ccsc1=NC(=O)c1ccc(OCC2CCCO2)cc1. The molecule has 3 rings (SSSR count). The molecule has 5 nitrogen and oxygen atoms in total. The number of rotatable bonds is 4. The van der Waals surface area contributed by atoms with Gasteiger partial charge in [-0.3, -0.25) is 4.79 Å². The van der Waals surface area contributed by atoms with Crippen molar-refractivity contribution < 1.29 is 14.3 Å². The first-order chi connectivity index (χ1) is 10.7. The lowest BCUT2D eigenvalue weighted by Gasteiger charge is -2.11. The Morgan fingerprint density at radius 3 is 2.91 bits per heavy atom. The van der Waals surface area contributed by atoms with Crippen molar-refractivity contribution in [2.75, 3.05) is 13.2 Å². The summed E-state index contributed by atoms with van der Waals surface area (Å²) in [6.07, 6.45) is 4.21. The Morgan fingerprint density at radius 1 is 1.45 bits per heavy atom. The van der Waals surface area contributed by atoms with Gasteiger partial charge in [-0.15, -0.1) is 11.3 Å². The Kier molecular flexibility index (Phi) is 4.70. The molecule has 0 spiro atoms. The molecule has 0 bridgehead atoms. The molecule has 1 aromatic carbocycles. The standard InChI is InChI=1S/C16H18N2O3S/c1-18-8-10-22-16(18)17-15(19)12-4-6-13(7-5-12)21-11-14-3-2-9-20-14/h4-8,10,14H,2-3,9,11H2,1H3. The van der Waals surface area contributed by atoms with Gasteiger partial charge in [0.2, 0.25) is 0 Å². The number of ether oxygens (including phenoxy) is 2. The van der Waals surface area contributed by atoms with Gasteiger partial charge in [0.25, 0.3) is 5.91 Å². The van der Waals surface area contributed by atoms with E-state index in [1.807, 2.05) is 23.2 Å². The van der Waals surface area contributed by atoms with Gasteiger partial charge in [-0.05, 0) is 37.1 Å². The zero-order valence-corrected chi connectivity index (χ0v) is 13.2. The van der Waals surface area contributed by atoms with E-state index in [1.165, 1.54) is 11.3 Å². The summed E-state index contributed by atoms with van der Waals surface area (Å²) in [6, 6.07) is 7.08. The zero-order valence-electron chi connectivity index (χ0n) is 12.4. The molecule has 0 radical (unpaired) electrons. The van der Waals surface area contributed by atoms with Gasteiger partial charge in [0, 0.05) is 30.8 Å². The van der Waals surface area contributed by atoms with Crippen LogP contribution in [0.4, 0.5) is 0 Å². The number of carbonyl (C=O) groups excluding carboxylic acids is 1. The third kappa shape index (κ3) is 3.64. The van der Waals surface area contributed by atoms with Crippen molar-refractivity contribution in [1.82, 2.24) is 4.57 Å². The summed E-state index contributed by atoms with van der Waals surface area (Å²) in [6.45, 7) is 1.38. The van der Waals surface area contributed by atoms with Gasteiger partial charge >= 0.3 is 0 Å². The average Bonchev–Trinajstić information content (AvgIpc) is 3.18. The summed E-state index contributed by atoms with van der Waals surface area (Å²) in [5.41, 5.74) is 0.554. The third-order valence-electron chi connectivity index (χ3n) is 3.52. The molecule has 1 aliphatic heterocycles. The molecule has 2 heterocycles. The van der Waals surface area contributed by atoms with Gasteiger partial charge in [0.05, 0.1) is 6.10 Å². The van der Waals surface area contributed by atoms with Crippen LogP contribution in [-0.4, -0.2) is 29.8 Å². The fourth-order valence-electron chi connectivity index (χ4n) is 2.24. The Bertz CT molecular complexity index is 697. The molecular formula is C16H18N2O3S. The fourth-order valence-corrected chi connectivity index (χ4v) is 2.97. The molecule has 2 aromatic rings. The van der Waals surface area contributed by atoms with Gasteiger partial charge in [-0.25, -0.2) is 0 Å². The molecule has 6 heteroatoms. The number of aromatic nitrogens is 1. The molecular weight excluding hydrogens is 300 g/mol. The van der Waals surface area contributed by atoms with E-state index in [4.69, 9.17) is 9.47 Å². The Morgan fingerprint density at radius 2 is 2.27 bits per heavy atom. The Hall–Kier alpha value is -1.92. The van der Waals surface area contributed by atoms with Crippen LogP contribution in [-0.2, 0) is 11.8 Å². The second kappa shape index (κ2) is 6.89. The predicted molar refractivity (Wildman–Crippen MR) is 84.1 cm³/mol. The molecule has 1 aliphatic rings. The second-order valence-corrected chi connectivity index (χ2v) is 6.06. The van der Waals surface area contributed by atoms with Crippen LogP contribution in [0, 0.1) is 0 Å². The fraction of sp³-hybridized carbons (Fsp3) is 0.375. The van der Waals surface area contributed by atoms with E-state index < -0.39 is 0 Å². The smallest absolute Gasteiger partial charge is 0.279 e. The molecule has 22 heavy (non-hydrogen) atoms. The molecule has 1 aromatic heterocycles. The van der Waals surface area contributed by atoms with Crippen LogP contribution < -0.4 is 9.54 Å². The van der Waals surface area contributed by atoms with Crippen LogP contribution in [0.1, 0.15) is 23.2 Å². The highest BCUT2D eigenvalue weighted by atomic mass is 32.1. The quantitative estimate of drug-likeness (QED) is 0.870. The first kappa shape index (κ1) is 15.0. The van der Waals surface area contributed by atoms with E-state index in [-0.39, 0.29) is 12.0 Å². The lowest BCUT2D eigenvalue weighted by molar-refractivity contribution is 0.0679. The van der Waals surface area contributed by atoms with E-state index >= 15 is 0 Å². The molecule has 1 unspecified atom stereocenters. The van der Waals surface area contributed by atoms with Crippen molar-refractivity contribution in [3.8, 4) is 5.75 Å². The van der Waals surface area contributed by atoms with Crippen LogP contribution in [0.15, 0.2) is 40.8 Å². The number of hydrogen-bond donors (Lipinski definition) is 0. The van der Waals surface area contributed by atoms with Crippen molar-refractivity contribution in [2.45, 2.75) is 18.9 Å². The highest BCUT2D eigenvalue weighted by molar-refractivity contribution is 7.07. The van der Waals surface area contributed by atoms with E-state index in [1.54, 1.807) is 24.3 Å². The number of carbonyl (C=O) groups is 1. The average molecular weight is 318 g/mol. The van der Waals surface area contributed by atoms with Crippen molar-refractivity contribution >= 4 is 17.2 Å². The lowest BCUT2D eigenvalue weighted by Crippen LogP contribution is -2.16. The van der Waals surface area contributed by atoms with Crippen LogP contribution >= 0.6 is 11.3 Å². The lowest BCUT2D eigenvalue weighted by atomic mass is 10.2. The maximum absolute atomic E-state index is 12.1. The summed E-state index contributed by atoms with van der Waals surface area (Å²) in [5, 5.41) is 1.90. The Balaban J connectivity index is 1.63. The molecule has 0 N–H and O–H groups in total. The summed E-state index contributed by atoms with van der Waals surface area (Å²) in [4.78, 5) is 16.9. The van der Waals surface area contributed by atoms with E-state index in [2.05, 4.69) is 4.99 Å². The first-order valence-electron chi connectivity index (χ1n) is 7.26. The maximum atomic E-state index is 12.1. The monoisotopic (exact) mass is 318 g/mol. The van der Waals surface area contributed by atoms with Gasteiger partial charge in [0.15, 0.2) is 4.80 Å². The van der Waals surface area contributed by atoms with Gasteiger partial charge in [0.1, 0.15) is 12.4 Å². The number of benzene rings is 1. The first-order valence-corrected chi connectivity index (χ1v) is 8.14. The van der Waals surface area contributed by atoms with Crippen molar-refractivity contribution in [3.63, 3.8) is 0 Å². The van der Waals surface area contributed by atoms with E-state index in [9.17, 15) is 4.79 Å². The Labute approximate surface area is 132 Å². The molecule has 1 atom stereocenters. The van der Waals surface area contributed by atoms with Crippen LogP contribution in [0.5, 0.6) is 5.75 Å². The third-order valence-corrected chi connectivity index (χ3v) is 4.37. The minimum absolute atomic E-state index is 0.190. The van der Waals surface area contributed by atoms with Crippen LogP contribution in [0.3, 0.4) is 0 Å². The topological polar surface area (TPSA) is 52.8 Å². The summed E-state index contributed by atoms with van der Waals surface area (Å²) in [7, 11) is 1.87. The van der Waals surface area contributed by atoms with E-state index in [0.29, 0.717) is 17.0 Å². The van der Waals surface area contributed by atoms with Gasteiger partial charge in [-0.1, -0.05) is 0 Å². The number of aryl methyl sites for hydroxylation is 1. The molecule has 1 amide bonds. The molecule has 0 saturated carbocycles. The van der Waals surface area contributed by atoms with E-state index in [0.717, 1.165) is 25.2 Å². The highest BCUT2D eigenvalue weighted by Gasteiger charge is 2.16. The minimum atomic E-state index is -0.247. The largest absolute Gasteiger partial charge is 0.491 e. The normalized spacial score (nSPS) is 18.6. The summed E-state index contributed by atoms with van der Waals surface area (Å²) < 4.78 is 13.0. The minimum Gasteiger partial charge on any atom is -0.491 e. The van der Waals surface area contributed by atoms with Crippen molar-refractivity contribution in [1.29, 1.82) is 0 Å². The second-order valence-electron chi connectivity index (χ2n) is 5.18. The van der Waals surface area contributed by atoms with Crippen LogP contribution in [0.2, 0.25) is 0 Å². The molecule has 0 aliphatic carbocycles. The molecule has 116 valence electrons. The predicted octanol–water partition coefficient (Wildman–Crippen LogP) is 2.39. The van der Waals surface area contributed by atoms with Gasteiger partial charge < -0.3 is 14.0 Å². The zero-order chi connectivity index (χ0) is 15.4. The van der Waals surface area contributed by atoms with Gasteiger partial charge in [-0.2, -0.15) is 4.99 Å². The van der Waals surface area contributed by atoms with Crippen molar-refractivity contribution in [2.24, 2.45) is 12.0 Å².